The first-order chi connectivity index (χ1) is 8.83. The number of nitrogens with zero attached hydrogens (tertiary/aromatic N) is 3. The monoisotopic (exact) mass is 244 g/mol. The van der Waals surface area contributed by atoms with Gasteiger partial charge in [-0.3, -0.25) is 0 Å². The highest BCUT2D eigenvalue weighted by Gasteiger charge is 2.19. The van der Waals surface area contributed by atoms with Crippen molar-refractivity contribution in [1.29, 1.82) is 0 Å². The number of rotatable bonds is 2. The van der Waals surface area contributed by atoms with E-state index in [0.717, 1.165) is 30.5 Å². The zero-order valence-electron chi connectivity index (χ0n) is 10.1. The second-order valence-corrected chi connectivity index (χ2v) is 4.61. The van der Waals surface area contributed by atoms with Gasteiger partial charge in [-0.1, -0.05) is 0 Å². The van der Waals surface area contributed by atoms with Gasteiger partial charge in [-0.05, 0) is 18.9 Å². The molecule has 0 aromatic carbocycles. The van der Waals surface area contributed by atoms with Gasteiger partial charge in [-0.25, -0.2) is 9.97 Å². The zero-order chi connectivity index (χ0) is 12.4. The summed E-state index contributed by atoms with van der Waals surface area (Å²) in [4.78, 5) is 13.8. The van der Waals surface area contributed by atoms with Crippen LogP contribution in [0, 0.1) is 0 Å². The maximum atomic E-state index is 9.64. The Labute approximate surface area is 106 Å². The molecule has 18 heavy (non-hydrogen) atoms. The van der Waals surface area contributed by atoms with Crippen molar-refractivity contribution in [3.05, 3.63) is 30.9 Å². The van der Waals surface area contributed by atoms with Crippen LogP contribution in [0.15, 0.2) is 30.9 Å². The number of β-amino-alcohol motifs (C(OH)–C–C–N with tert-alkyl or cyclic N) is 1. The molecule has 2 N–H and O–H groups in total. The average Bonchev–Trinajstić information content (AvgIpc) is 2.93. The molecule has 0 saturated carbocycles. The predicted octanol–water partition coefficient (Wildman–Crippen LogP) is 1.43. The molecule has 94 valence electrons. The van der Waals surface area contributed by atoms with Crippen LogP contribution in [-0.4, -0.2) is 39.3 Å². The van der Waals surface area contributed by atoms with Crippen LogP contribution in [-0.2, 0) is 0 Å². The molecule has 0 amide bonds. The van der Waals surface area contributed by atoms with Crippen LogP contribution in [0.1, 0.15) is 12.8 Å². The molecule has 1 aliphatic rings. The Bertz CT molecular complexity index is 494. The Balaban J connectivity index is 1.78. The molecule has 0 aliphatic carbocycles. The summed E-state index contributed by atoms with van der Waals surface area (Å²) in [6.07, 6.45) is 9.06. The van der Waals surface area contributed by atoms with Crippen LogP contribution in [0.3, 0.4) is 0 Å². The summed E-state index contributed by atoms with van der Waals surface area (Å²) in [5.41, 5.74) is 2.08. The number of aromatic amines is 1. The third-order valence-corrected chi connectivity index (χ3v) is 3.25. The van der Waals surface area contributed by atoms with Crippen molar-refractivity contribution >= 4 is 5.95 Å². The second-order valence-electron chi connectivity index (χ2n) is 4.61. The molecule has 0 spiro atoms. The third kappa shape index (κ3) is 2.22. The van der Waals surface area contributed by atoms with E-state index >= 15 is 0 Å². The van der Waals surface area contributed by atoms with Gasteiger partial charge in [-0.15, -0.1) is 0 Å². The zero-order valence-corrected chi connectivity index (χ0v) is 10.1. The Morgan fingerprint density at radius 1 is 1.28 bits per heavy atom. The number of hydrogen-bond acceptors (Lipinski definition) is 4. The number of aromatic nitrogens is 3. The topological polar surface area (TPSA) is 65.0 Å². The number of aliphatic hydroxyl groups excluding tert-OH is 1. The molecule has 5 heteroatoms. The Morgan fingerprint density at radius 3 is 2.78 bits per heavy atom. The predicted molar refractivity (Wildman–Crippen MR) is 69.3 cm³/mol. The van der Waals surface area contributed by atoms with Crippen molar-refractivity contribution in [3.63, 3.8) is 0 Å². The summed E-state index contributed by atoms with van der Waals surface area (Å²) in [6.45, 7) is 1.55. The largest absolute Gasteiger partial charge is 0.391 e. The molecule has 1 unspecified atom stereocenters. The van der Waals surface area contributed by atoms with Gasteiger partial charge >= 0.3 is 0 Å². The molecule has 2 aromatic heterocycles. The molecular weight excluding hydrogens is 228 g/mol. The molecule has 5 nitrogen and oxygen atoms in total. The molecule has 1 aliphatic heterocycles. The number of anilines is 1. The number of piperidine rings is 1. The van der Waals surface area contributed by atoms with Gasteiger partial charge in [0, 0.05) is 49.0 Å². The summed E-state index contributed by atoms with van der Waals surface area (Å²) in [7, 11) is 0. The van der Waals surface area contributed by atoms with Gasteiger partial charge in [0.05, 0.1) is 6.10 Å². The normalized spacial score (nSPS) is 20.1. The van der Waals surface area contributed by atoms with Crippen molar-refractivity contribution in [2.45, 2.75) is 18.9 Å². The standard InChI is InChI=1S/C13H16N4O/c18-12-2-1-5-17(9-12)13-15-7-11(8-16-13)10-3-4-14-6-10/h3-4,6-8,12,14,18H,1-2,5,9H2. The van der Waals surface area contributed by atoms with Gasteiger partial charge in [0.1, 0.15) is 0 Å². The Hall–Kier alpha value is -1.88. The van der Waals surface area contributed by atoms with E-state index in [0.29, 0.717) is 12.5 Å². The lowest BCUT2D eigenvalue weighted by Gasteiger charge is -2.29. The second kappa shape index (κ2) is 4.78. The third-order valence-electron chi connectivity index (χ3n) is 3.25. The molecule has 1 saturated heterocycles. The van der Waals surface area contributed by atoms with Gasteiger partial charge in [0.15, 0.2) is 0 Å². The quantitative estimate of drug-likeness (QED) is 0.838. The summed E-state index contributed by atoms with van der Waals surface area (Å²) >= 11 is 0. The highest BCUT2D eigenvalue weighted by atomic mass is 16.3. The van der Waals surface area contributed by atoms with E-state index in [1.807, 2.05) is 35.8 Å². The van der Waals surface area contributed by atoms with Crippen molar-refractivity contribution in [2.24, 2.45) is 0 Å². The molecule has 1 fully saturated rings. The minimum Gasteiger partial charge on any atom is -0.391 e. The number of H-pyrrole nitrogens is 1. The SMILES string of the molecule is OC1CCCN(c2ncc(-c3cc[nH]c3)cn2)C1. The first-order valence-corrected chi connectivity index (χ1v) is 6.21. The first-order valence-electron chi connectivity index (χ1n) is 6.21. The smallest absolute Gasteiger partial charge is 0.225 e. The summed E-state index contributed by atoms with van der Waals surface area (Å²) < 4.78 is 0. The lowest BCUT2D eigenvalue weighted by molar-refractivity contribution is 0.153. The molecule has 0 radical (unpaired) electrons. The van der Waals surface area contributed by atoms with Crippen LogP contribution < -0.4 is 4.90 Å². The van der Waals surface area contributed by atoms with E-state index in [2.05, 4.69) is 15.0 Å². The van der Waals surface area contributed by atoms with Gasteiger partial charge in [0.2, 0.25) is 5.95 Å². The van der Waals surface area contributed by atoms with Crippen LogP contribution in [0.2, 0.25) is 0 Å². The van der Waals surface area contributed by atoms with Crippen LogP contribution in [0.4, 0.5) is 5.95 Å². The lowest BCUT2D eigenvalue weighted by Crippen LogP contribution is -2.39. The van der Waals surface area contributed by atoms with Crippen LogP contribution in [0.25, 0.3) is 11.1 Å². The first kappa shape index (κ1) is 11.2. The fraction of sp³-hybridized carbons (Fsp3) is 0.385. The van der Waals surface area contributed by atoms with Crippen LogP contribution >= 0.6 is 0 Å². The van der Waals surface area contributed by atoms with Gasteiger partial charge in [-0.2, -0.15) is 0 Å². The van der Waals surface area contributed by atoms with Crippen molar-refractivity contribution in [3.8, 4) is 11.1 Å². The number of aliphatic hydroxyl groups is 1. The molecule has 2 aromatic rings. The van der Waals surface area contributed by atoms with E-state index in [4.69, 9.17) is 0 Å². The van der Waals surface area contributed by atoms with E-state index in [-0.39, 0.29) is 6.10 Å². The number of hydrogen-bond donors (Lipinski definition) is 2. The number of nitrogens with one attached hydrogen (secondary N) is 1. The van der Waals surface area contributed by atoms with Gasteiger partial charge in [0.25, 0.3) is 0 Å². The molecular formula is C13H16N4O. The van der Waals surface area contributed by atoms with Crippen LogP contribution in [0.5, 0.6) is 0 Å². The maximum absolute atomic E-state index is 9.64. The Kier molecular flexibility index (Phi) is 2.98. The van der Waals surface area contributed by atoms with E-state index < -0.39 is 0 Å². The molecule has 3 rings (SSSR count). The molecule has 1 atom stereocenters. The average molecular weight is 244 g/mol. The highest BCUT2D eigenvalue weighted by molar-refractivity contribution is 5.61. The van der Waals surface area contributed by atoms with Crippen molar-refractivity contribution < 1.29 is 5.11 Å². The minimum absolute atomic E-state index is 0.258. The summed E-state index contributed by atoms with van der Waals surface area (Å²) in [5.74, 6) is 0.702. The molecule has 3 heterocycles. The fourth-order valence-electron chi connectivity index (χ4n) is 2.27. The van der Waals surface area contributed by atoms with E-state index in [1.165, 1.54) is 0 Å². The minimum atomic E-state index is -0.258. The maximum Gasteiger partial charge on any atom is 0.225 e. The lowest BCUT2D eigenvalue weighted by atomic mass is 10.1. The highest BCUT2D eigenvalue weighted by Crippen LogP contribution is 2.20. The van der Waals surface area contributed by atoms with E-state index in [9.17, 15) is 5.11 Å². The van der Waals surface area contributed by atoms with Crippen molar-refractivity contribution in [1.82, 2.24) is 15.0 Å². The van der Waals surface area contributed by atoms with E-state index in [1.54, 1.807) is 0 Å². The van der Waals surface area contributed by atoms with Gasteiger partial charge < -0.3 is 15.0 Å². The Morgan fingerprint density at radius 2 is 2.11 bits per heavy atom. The fourth-order valence-corrected chi connectivity index (χ4v) is 2.27. The summed E-state index contributed by atoms with van der Waals surface area (Å²) in [5, 5.41) is 9.64. The molecule has 0 bridgehead atoms. The van der Waals surface area contributed by atoms with Crippen molar-refractivity contribution in [2.75, 3.05) is 18.0 Å². The summed E-state index contributed by atoms with van der Waals surface area (Å²) in [6, 6.07) is 1.99.